The minimum Gasteiger partial charge on any atom is -0.494 e. The van der Waals surface area contributed by atoms with Gasteiger partial charge in [-0.15, -0.1) is 11.3 Å². The molecule has 0 fully saturated rings. The largest absolute Gasteiger partial charge is 0.494 e. The number of fused-ring (bicyclic) bond motifs is 3. The molecule has 134 valence electrons. The van der Waals surface area contributed by atoms with E-state index >= 15 is 0 Å². The van der Waals surface area contributed by atoms with Crippen LogP contribution >= 0.6 is 11.3 Å². The molecule has 2 aromatic carbocycles. The van der Waals surface area contributed by atoms with Gasteiger partial charge in [0.1, 0.15) is 5.75 Å². The Bertz CT molecular complexity index is 860. The maximum Gasteiger partial charge on any atom is 0.123 e. The summed E-state index contributed by atoms with van der Waals surface area (Å²) in [4.78, 5) is 0. The number of ether oxygens (including phenoxy) is 1. The molecule has 0 saturated carbocycles. The fourth-order valence-electron chi connectivity index (χ4n) is 3.70. The van der Waals surface area contributed by atoms with Gasteiger partial charge in [-0.3, -0.25) is 0 Å². The van der Waals surface area contributed by atoms with Crippen molar-refractivity contribution in [3.63, 3.8) is 0 Å². The highest BCUT2D eigenvalue weighted by atomic mass is 32.1. The van der Waals surface area contributed by atoms with Crippen LogP contribution in [0.1, 0.15) is 62.6 Å². The molecule has 25 heavy (non-hydrogen) atoms. The SMILES string of the molecule is CCCCCCCc1ccc2c(sc3c(C)c(OCC)ccc32)c1C. The molecular weight excluding hydrogens is 324 g/mol. The minimum absolute atomic E-state index is 0.721. The second-order valence-electron chi connectivity index (χ2n) is 6.99. The summed E-state index contributed by atoms with van der Waals surface area (Å²) in [6.07, 6.45) is 7.94. The van der Waals surface area contributed by atoms with Crippen molar-refractivity contribution in [2.45, 2.75) is 66.2 Å². The van der Waals surface area contributed by atoms with Crippen LogP contribution in [0, 0.1) is 13.8 Å². The lowest BCUT2D eigenvalue weighted by atomic mass is 9.99. The van der Waals surface area contributed by atoms with Gasteiger partial charge in [-0.2, -0.15) is 0 Å². The molecule has 3 rings (SSSR count). The summed E-state index contributed by atoms with van der Waals surface area (Å²) in [5.41, 5.74) is 4.28. The Hall–Kier alpha value is -1.54. The molecule has 0 aliphatic heterocycles. The predicted molar refractivity (Wildman–Crippen MR) is 112 cm³/mol. The molecule has 0 N–H and O–H groups in total. The van der Waals surface area contributed by atoms with Crippen molar-refractivity contribution >= 4 is 31.5 Å². The molecule has 0 spiro atoms. The molecule has 1 nitrogen and oxygen atoms in total. The van der Waals surface area contributed by atoms with Gasteiger partial charge in [0, 0.05) is 25.7 Å². The Balaban J connectivity index is 1.92. The van der Waals surface area contributed by atoms with Crippen LogP contribution in [-0.4, -0.2) is 6.61 Å². The van der Waals surface area contributed by atoms with Gasteiger partial charge in [0.25, 0.3) is 0 Å². The lowest BCUT2D eigenvalue weighted by Crippen LogP contribution is -1.93. The Morgan fingerprint density at radius 1 is 0.800 bits per heavy atom. The summed E-state index contributed by atoms with van der Waals surface area (Å²) in [5.74, 6) is 1.02. The second-order valence-corrected chi connectivity index (χ2v) is 8.01. The lowest BCUT2D eigenvalue weighted by molar-refractivity contribution is 0.338. The van der Waals surface area contributed by atoms with Crippen LogP contribution in [-0.2, 0) is 6.42 Å². The van der Waals surface area contributed by atoms with Crippen molar-refractivity contribution in [2.75, 3.05) is 6.61 Å². The molecule has 1 aromatic heterocycles. The number of aryl methyl sites for hydroxylation is 3. The standard InChI is InChI=1S/C23H30OS/c1-5-7-8-9-10-11-18-12-13-19-20-14-15-21(24-6-2)17(4)23(20)25-22(19)16(18)3/h12-15H,5-11H2,1-4H3. The third kappa shape index (κ3) is 3.69. The zero-order valence-electron chi connectivity index (χ0n) is 16.1. The van der Waals surface area contributed by atoms with Crippen LogP contribution < -0.4 is 4.74 Å². The van der Waals surface area contributed by atoms with E-state index in [0.29, 0.717) is 0 Å². The van der Waals surface area contributed by atoms with E-state index in [1.54, 1.807) is 0 Å². The van der Waals surface area contributed by atoms with Crippen molar-refractivity contribution < 1.29 is 4.74 Å². The molecule has 3 aromatic rings. The van der Waals surface area contributed by atoms with Gasteiger partial charge in [-0.25, -0.2) is 0 Å². The smallest absolute Gasteiger partial charge is 0.123 e. The molecule has 0 atom stereocenters. The Morgan fingerprint density at radius 3 is 2.20 bits per heavy atom. The van der Waals surface area contributed by atoms with E-state index in [9.17, 15) is 0 Å². The summed E-state index contributed by atoms with van der Waals surface area (Å²) in [6, 6.07) is 9.05. The summed E-state index contributed by atoms with van der Waals surface area (Å²) < 4.78 is 8.62. The van der Waals surface area contributed by atoms with Crippen molar-refractivity contribution in [3.05, 3.63) is 41.0 Å². The highest BCUT2D eigenvalue weighted by Crippen LogP contribution is 2.41. The van der Waals surface area contributed by atoms with E-state index in [2.05, 4.69) is 45.0 Å². The molecule has 2 heteroatoms. The van der Waals surface area contributed by atoms with Gasteiger partial charge in [-0.1, -0.05) is 44.7 Å². The summed E-state index contributed by atoms with van der Waals surface area (Å²) >= 11 is 1.94. The van der Waals surface area contributed by atoms with Crippen LogP contribution in [0.3, 0.4) is 0 Å². The first kappa shape index (κ1) is 18.3. The maximum atomic E-state index is 5.79. The molecule has 0 aliphatic carbocycles. The Morgan fingerprint density at radius 2 is 1.48 bits per heavy atom. The van der Waals surface area contributed by atoms with Crippen LogP contribution in [0.5, 0.6) is 5.75 Å². The lowest BCUT2D eigenvalue weighted by Gasteiger charge is -2.07. The van der Waals surface area contributed by atoms with Gasteiger partial charge < -0.3 is 4.74 Å². The van der Waals surface area contributed by atoms with Crippen molar-refractivity contribution in [1.29, 1.82) is 0 Å². The molecule has 0 amide bonds. The van der Waals surface area contributed by atoms with E-state index in [4.69, 9.17) is 4.74 Å². The Labute approximate surface area is 156 Å². The first-order valence-corrected chi connectivity index (χ1v) is 10.6. The fraction of sp³-hybridized carbons (Fsp3) is 0.478. The number of benzene rings is 2. The van der Waals surface area contributed by atoms with Crippen molar-refractivity contribution in [1.82, 2.24) is 0 Å². The number of hydrogen-bond acceptors (Lipinski definition) is 2. The first-order chi connectivity index (χ1) is 12.2. The van der Waals surface area contributed by atoms with E-state index in [1.165, 1.54) is 75.4 Å². The number of unbranched alkanes of at least 4 members (excludes halogenated alkanes) is 4. The highest BCUT2D eigenvalue weighted by Gasteiger charge is 2.13. The summed E-state index contributed by atoms with van der Waals surface area (Å²) in [7, 11) is 0. The zero-order valence-corrected chi connectivity index (χ0v) is 16.9. The summed E-state index contributed by atoms with van der Waals surface area (Å²) in [5, 5.41) is 2.77. The van der Waals surface area contributed by atoms with Crippen LogP contribution in [0.15, 0.2) is 24.3 Å². The molecule has 0 aliphatic rings. The second kappa shape index (κ2) is 8.23. The number of hydrogen-bond donors (Lipinski definition) is 0. The Kier molecular flexibility index (Phi) is 6.01. The summed E-state index contributed by atoms with van der Waals surface area (Å²) in [6.45, 7) is 9.53. The van der Waals surface area contributed by atoms with Gasteiger partial charge in [0.05, 0.1) is 6.61 Å². The third-order valence-electron chi connectivity index (χ3n) is 5.22. The topological polar surface area (TPSA) is 9.23 Å². The van der Waals surface area contributed by atoms with Gasteiger partial charge in [0.2, 0.25) is 0 Å². The van der Waals surface area contributed by atoms with Crippen molar-refractivity contribution in [3.8, 4) is 5.75 Å². The van der Waals surface area contributed by atoms with E-state index in [0.717, 1.165) is 12.4 Å². The van der Waals surface area contributed by atoms with Crippen LogP contribution in [0.4, 0.5) is 0 Å². The molecule has 1 heterocycles. The predicted octanol–water partition coefficient (Wildman–Crippen LogP) is 7.58. The minimum atomic E-state index is 0.721. The van der Waals surface area contributed by atoms with E-state index in [-0.39, 0.29) is 0 Å². The average Bonchev–Trinajstić information content (AvgIpc) is 2.99. The molecule has 0 bridgehead atoms. The quantitative estimate of drug-likeness (QED) is 0.379. The molecule has 0 radical (unpaired) electrons. The maximum absolute atomic E-state index is 5.79. The average molecular weight is 355 g/mol. The molecule has 0 unspecified atom stereocenters. The van der Waals surface area contributed by atoms with Gasteiger partial charge >= 0.3 is 0 Å². The van der Waals surface area contributed by atoms with E-state index < -0.39 is 0 Å². The highest BCUT2D eigenvalue weighted by molar-refractivity contribution is 7.26. The fourth-order valence-corrected chi connectivity index (χ4v) is 5.01. The normalized spacial score (nSPS) is 11.5. The van der Waals surface area contributed by atoms with Crippen LogP contribution in [0.25, 0.3) is 20.2 Å². The molecular formula is C23H30OS. The van der Waals surface area contributed by atoms with Gasteiger partial charge in [-0.05, 0) is 56.9 Å². The van der Waals surface area contributed by atoms with Crippen molar-refractivity contribution in [2.24, 2.45) is 0 Å². The third-order valence-corrected chi connectivity index (χ3v) is 6.68. The first-order valence-electron chi connectivity index (χ1n) is 9.74. The number of thiophene rings is 1. The molecule has 0 saturated heterocycles. The monoisotopic (exact) mass is 354 g/mol. The zero-order chi connectivity index (χ0) is 17.8. The van der Waals surface area contributed by atoms with E-state index in [1.807, 2.05) is 18.3 Å². The van der Waals surface area contributed by atoms with Gasteiger partial charge in [0.15, 0.2) is 0 Å². The van der Waals surface area contributed by atoms with Crippen LogP contribution in [0.2, 0.25) is 0 Å². The number of rotatable bonds is 8.